The third-order valence-corrected chi connectivity index (χ3v) is 7.01. The summed E-state index contributed by atoms with van der Waals surface area (Å²) >= 11 is 6.81. The largest absolute Gasteiger partial charge is 0.497 e. The molecule has 4 nitrogen and oxygen atoms in total. The smallest absolute Gasteiger partial charge is 0.211 e. The first kappa shape index (κ1) is 20.8. The van der Waals surface area contributed by atoms with E-state index < -0.39 is 0 Å². The molecule has 0 atom stereocenters. The Labute approximate surface area is 192 Å². The first-order valence-corrected chi connectivity index (χ1v) is 11.8. The SMILES string of the molecule is COc1ccc(N=c2scc(-c3ccc(Br)s3)n2N=Cc2ccc(C)cc2C)cc1. The lowest BCUT2D eigenvalue weighted by Gasteiger charge is -2.04. The minimum absolute atomic E-state index is 0.806. The van der Waals surface area contributed by atoms with Crippen LogP contribution in [0.3, 0.4) is 0 Å². The lowest BCUT2D eigenvalue weighted by molar-refractivity contribution is 0.415. The van der Waals surface area contributed by atoms with Crippen LogP contribution in [0.4, 0.5) is 5.69 Å². The number of thiophene rings is 1. The molecule has 0 aliphatic carbocycles. The molecule has 2 heterocycles. The van der Waals surface area contributed by atoms with Crippen LogP contribution < -0.4 is 9.54 Å². The van der Waals surface area contributed by atoms with Gasteiger partial charge < -0.3 is 4.74 Å². The highest BCUT2D eigenvalue weighted by molar-refractivity contribution is 9.11. The number of benzene rings is 2. The highest BCUT2D eigenvalue weighted by Crippen LogP contribution is 2.31. The number of hydrogen-bond acceptors (Lipinski definition) is 5. The van der Waals surface area contributed by atoms with Gasteiger partial charge in [-0.2, -0.15) is 5.10 Å². The zero-order valence-corrected chi connectivity index (χ0v) is 20.0. The molecule has 0 N–H and O–H groups in total. The second-order valence-electron chi connectivity index (χ2n) is 6.73. The van der Waals surface area contributed by atoms with Crippen molar-refractivity contribution in [2.75, 3.05) is 7.11 Å². The Hall–Kier alpha value is -2.48. The molecule has 0 unspecified atom stereocenters. The van der Waals surface area contributed by atoms with Crippen molar-refractivity contribution < 1.29 is 4.74 Å². The average molecular weight is 498 g/mol. The van der Waals surface area contributed by atoms with Crippen LogP contribution in [-0.4, -0.2) is 18.0 Å². The van der Waals surface area contributed by atoms with Gasteiger partial charge in [0.25, 0.3) is 0 Å². The topological polar surface area (TPSA) is 38.9 Å². The Balaban J connectivity index is 1.81. The van der Waals surface area contributed by atoms with Crippen molar-refractivity contribution in [3.8, 4) is 16.3 Å². The van der Waals surface area contributed by atoms with Crippen LogP contribution >= 0.6 is 38.6 Å². The number of aromatic nitrogens is 1. The molecule has 4 rings (SSSR count). The maximum atomic E-state index is 5.24. The van der Waals surface area contributed by atoms with Crippen molar-refractivity contribution in [3.63, 3.8) is 0 Å². The lowest BCUT2D eigenvalue weighted by atomic mass is 10.1. The molecule has 0 aliphatic rings. The fourth-order valence-corrected chi connectivity index (χ4v) is 5.28. The van der Waals surface area contributed by atoms with E-state index in [0.717, 1.165) is 36.2 Å². The molecular weight excluding hydrogens is 478 g/mol. The number of aryl methyl sites for hydroxylation is 2. The quantitative estimate of drug-likeness (QED) is 0.280. The van der Waals surface area contributed by atoms with Crippen molar-refractivity contribution in [3.05, 3.63) is 85.3 Å². The molecule has 0 fully saturated rings. The van der Waals surface area contributed by atoms with Gasteiger partial charge in [-0.1, -0.05) is 23.8 Å². The van der Waals surface area contributed by atoms with E-state index in [0.29, 0.717) is 0 Å². The van der Waals surface area contributed by atoms with Gasteiger partial charge in [-0.3, -0.25) is 0 Å². The van der Waals surface area contributed by atoms with Crippen LogP contribution in [0.15, 0.2) is 73.9 Å². The average Bonchev–Trinajstić information content (AvgIpc) is 3.34. The number of nitrogens with zero attached hydrogens (tertiary/aromatic N) is 3. The van der Waals surface area contributed by atoms with Gasteiger partial charge in [-0.05, 0) is 77.3 Å². The molecule has 0 saturated heterocycles. The number of methoxy groups -OCH3 is 1. The number of rotatable bonds is 5. The second kappa shape index (κ2) is 9.12. The maximum absolute atomic E-state index is 5.24. The van der Waals surface area contributed by atoms with Crippen molar-refractivity contribution in [1.29, 1.82) is 0 Å². The van der Waals surface area contributed by atoms with Gasteiger partial charge in [-0.25, -0.2) is 9.67 Å². The molecule has 0 bridgehead atoms. The van der Waals surface area contributed by atoms with E-state index in [9.17, 15) is 0 Å². The summed E-state index contributed by atoms with van der Waals surface area (Å²) in [6.45, 7) is 4.20. The summed E-state index contributed by atoms with van der Waals surface area (Å²) in [7, 11) is 1.66. The Morgan fingerprint density at radius 1 is 1.03 bits per heavy atom. The van der Waals surface area contributed by atoms with E-state index in [1.807, 2.05) is 35.2 Å². The first-order chi connectivity index (χ1) is 14.5. The standard InChI is InChI=1S/C23H20BrN3OS2/c1-15-4-5-17(16(2)12-15)13-25-27-20(21-10-11-22(24)30-21)14-29-23(27)26-18-6-8-19(28-3)9-7-18/h4-14H,1-3H3. The fourth-order valence-electron chi connectivity index (χ4n) is 2.97. The maximum Gasteiger partial charge on any atom is 0.211 e. The zero-order chi connectivity index (χ0) is 21.1. The van der Waals surface area contributed by atoms with Crippen LogP contribution in [0.1, 0.15) is 16.7 Å². The summed E-state index contributed by atoms with van der Waals surface area (Å²) in [6.07, 6.45) is 1.90. The van der Waals surface area contributed by atoms with Gasteiger partial charge in [0.15, 0.2) is 0 Å². The van der Waals surface area contributed by atoms with E-state index in [4.69, 9.17) is 14.8 Å². The predicted molar refractivity (Wildman–Crippen MR) is 130 cm³/mol. The monoisotopic (exact) mass is 497 g/mol. The zero-order valence-electron chi connectivity index (χ0n) is 16.8. The van der Waals surface area contributed by atoms with Crippen molar-refractivity contribution in [2.24, 2.45) is 10.1 Å². The summed E-state index contributed by atoms with van der Waals surface area (Å²) in [6, 6.07) is 18.2. The highest BCUT2D eigenvalue weighted by Gasteiger charge is 2.10. The van der Waals surface area contributed by atoms with E-state index in [2.05, 4.69) is 65.5 Å². The normalized spacial score (nSPS) is 12.1. The van der Waals surface area contributed by atoms with Gasteiger partial charge in [0, 0.05) is 5.38 Å². The second-order valence-corrected chi connectivity index (χ2v) is 10.0. The molecule has 152 valence electrons. The molecule has 0 radical (unpaired) electrons. The van der Waals surface area contributed by atoms with Crippen LogP contribution in [0.25, 0.3) is 10.6 Å². The van der Waals surface area contributed by atoms with Gasteiger partial charge in [0.2, 0.25) is 4.80 Å². The van der Waals surface area contributed by atoms with Crippen LogP contribution in [0.5, 0.6) is 5.75 Å². The molecule has 2 aromatic carbocycles. The highest BCUT2D eigenvalue weighted by atomic mass is 79.9. The van der Waals surface area contributed by atoms with Crippen molar-refractivity contribution >= 4 is 50.5 Å². The molecule has 2 aromatic heterocycles. The van der Waals surface area contributed by atoms with E-state index in [1.54, 1.807) is 29.8 Å². The van der Waals surface area contributed by atoms with Crippen LogP contribution in [0.2, 0.25) is 0 Å². The van der Waals surface area contributed by atoms with E-state index in [-0.39, 0.29) is 0 Å². The van der Waals surface area contributed by atoms with E-state index >= 15 is 0 Å². The Morgan fingerprint density at radius 2 is 1.83 bits per heavy atom. The molecule has 30 heavy (non-hydrogen) atoms. The third-order valence-electron chi connectivity index (χ3n) is 4.55. The lowest BCUT2D eigenvalue weighted by Crippen LogP contribution is -2.11. The molecule has 4 aromatic rings. The van der Waals surface area contributed by atoms with Crippen molar-refractivity contribution in [1.82, 2.24) is 4.68 Å². The Morgan fingerprint density at radius 3 is 2.50 bits per heavy atom. The molecule has 0 spiro atoms. The summed E-state index contributed by atoms with van der Waals surface area (Å²) < 4.78 is 8.24. The van der Waals surface area contributed by atoms with Gasteiger partial charge >= 0.3 is 0 Å². The van der Waals surface area contributed by atoms with Crippen LogP contribution in [0, 0.1) is 13.8 Å². The van der Waals surface area contributed by atoms with Gasteiger partial charge in [-0.15, -0.1) is 22.7 Å². The molecular formula is C23H20BrN3OS2. The van der Waals surface area contributed by atoms with E-state index in [1.165, 1.54) is 11.1 Å². The van der Waals surface area contributed by atoms with Gasteiger partial charge in [0.1, 0.15) is 5.75 Å². The number of ether oxygens (including phenoxy) is 1. The van der Waals surface area contributed by atoms with Gasteiger partial charge in [0.05, 0.1) is 33.4 Å². The Kier molecular flexibility index (Phi) is 6.32. The first-order valence-electron chi connectivity index (χ1n) is 9.30. The number of hydrogen-bond donors (Lipinski definition) is 0. The predicted octanol–water partition coefficient (Wildman–Crippen LogP) is 6.78. The third kappa shape index (κ3) is 4.64. The Bertz CT molecular complexity index is 1270. The molecule has 7 heteroatoms. The molecule has 0 saturated carbocycles. The minimum Gasteiger partial charge on any atom is -0.497 e. The summed E-state index contributed by atoms with van der Waals surface area (Å²) in [5, 5.41) is 6.91. The molecule has 0 amide bonds. The number of thiazole rings is 1. The summed E-state index contributed by atoms with van der Waals surface area (Å²) in [4.78, 5) is 6.76. The summed E-state index contributed by atoms with van der Waals surface area (Å²) in [5.74, 6) is 0.810. The van der Waals surface area contributed by atoms with Crippen molar-refractivity contribution in [2.45, 2.75) is 13.8 Å². The fraction of sp³-hybridized carbons (Fsp3) is 0.130. The number of halogens is 1. The summed E-state index contributed by atoms with van der Waals surface area (Å²) in [5.41, 5.74) is 5.40. The van der Waals surface area contributed by atoms with Crippen LogP contribution in [-0.2, 0) is 0 Å². The minimum atomic E-state index is 0.806. The molecule has 0 aliphatic heterocycles.